The van der Waals surface area contributed by atoms with Crippen LogP contribution in [-0.4, -0.2) is 47.4 Å². The standard InChI is InChI=1S/C24H25FN4O3/c1-16-13-18(25)9-10-20(16)29-22(30)21-14-19(17-7-5-4-6-8-17)27-28(21)15-24(29,2)23(31)26-11-12-32-3/h4-10,13-14H,11-12,15H2,1-3H3,(H,26,31). The Morgan fingerprint density at radius 1 is 1.22 bits per heavy atom. The summed E-state index contributed by atoms with van der Waals surface area (Å²) in [6.45, 7) is 4.21. The van der Waals surface area contributed by atoms with Crippen molar-refractivity contribution in [2.24, 2.45) is 0 Å². The fourth-order valence-electron chi connectivity index (χ4n) is 4.04. The third-order valence-corrected chi connectivity index (χ3v) is 5.70. The summed E-state index contributed by atoms with van der Waals surface area (Å²) in [5, 5.41) is 7.46. The lowest BCUT2D eigenvalue weighted by Crippen LogP contribution is -2.65. The van der Waals surface area contributed by atoms with Gasteiger partial charge in [-0.15, -0.1) is 0 Å². The fraction of sp³-hybridized carbons (Fsp3) is 0.292. The third-order valence-electron chi connectivity index (χ3n) is 5.70. The average Bonchev–Trinajstić information content (AvgIpc) is 3.20. The van der Waals surface area contributed by atoms with Gasteiger partial charge >= 0.3 is 0 Å². The molecule has 0 aliphatic carbocycles. The maximum absolute atomic E-state index is 13.8. The molecule has 1 N–H and O–H groups in total. The molecular weight excluding hydrogens is 411 g/mol. The normalized spacial score (nSPS) is 17.9. The summed E-state index contributed by atoms with van der Waals surface area (Å²) in [6.07, 6.45) is 0. The number of benzene rings is 2. The number of halogens is 1. The number of ether oxygens (including phenoxy) is 1. The molecule has 32 heavy (non-hydrogen) atoms. The molecule has 2 amide bonds. The van der Waals surface area contributed by atoms with E-state index in [1.807, 2.05) is 30.3 Å². The molecule has 2 aromatic carbocycles. The summed E-state index contributed by atoms with van der Waals surface area (Å²) >= 11 is 0. The first-order valence-corrected chi connectivity index (χ1v) is 10.4. The van der Waals surface area contributed by atoms with Crippen LogP contribution in [-0.2, 0) is 16.1 Å². The van der Waals surface area contributed by atoms with Gasteiger partial charge in [0.05, 0.1) is 18.8 Å². The van der Waals surface area contributed by atoms with Crippen molar-refractivity contribution < 1.29 is 18.7 Å². The Kier molecular flexibility index (Phi) is 5.80. The van der Waals surface area contributed by atoms with E-state index in [0.29, 0.717) is 35.8 Å². The fourth-order valence-corrected chi connectivity index (χ4v) is 4.04. The van der Waals surface area contributed by atoms with Gasteiger partial charge in [-0.2, -0.15) is 5.10 Å². The van der Waals surface area contributed by atoms with Crippen LogP contribution in [0.1, 0.15) is 23.0 Å². The minimum absolute atomic E-state index is 0.149. The van der Waals surface area contributed by atoms with Gasteiger partial charge < -0.3 is 10.1 Å². The first-order chi connectivity index (χ1) is 15.3. The Bertz CT molecular complexity index is 1160. The Morgan fingerprint density at radius 2 is 1.97 bits per heavy atom. The van der Waals surface area contributed by atoms with Crippen molar-refractivity contribution in [3.63, 3.8) is 0 Å². The number of nitrogens with zero attached hydrogens (tertiary/aromatic N) is 3. The molecule has 3 aromatic rings. The summed E-state index contributed by atoms with van der Waals surface area (Å²) in [7, 11) is 1.55. The van der Waals surface area contributed by atoms with E-state index in [9.17, 15) is 14.0 Å². The smallest absolute Gasteiger partial charge is 0.277 e. The molecule has 1 aliphatic rings. The van der Waals surface area contributed by atoms with Gasteiger partial charge in [-0.1, -0.05) is 30.3 Å². The van der Waals surface area contributed by atoms with E-state index in [0.717, 1.165) is 5.56 Å². The van der Waals surface area contributed by atoms with Crippen LogP contribution in [0.4, 0.5) is 10.1 Å². The van der Waals surface area contributed by atoms with E-state index in [-0.39, 0.29) is 18.4 Å². The summed E-state index contributed by atoms with van der Waals surface area (Å²) < 4.78 is 20.4. The Labute approximate surface area is 185 Å². The number of aryl methyl sites for hydroxylation is 1. The highest BCUT2D eigenvalue weighted by Gasteiger charge is 2.49. The summed E-state index contributed by atoms with van der Waals surface area (Å²) in [4.78, 5) is 28.5. The Morgan fingerprint density at radius 3 is 2.66 bits per heavy atom. The predicted octanol–water partition coefficient (Wildman–Crippen LogP) is 3.18. The van der Waals surface area contributed by atoms with Crippen LogP contribution in [0.3, 0.4) is 0 Å². The van der Waals surface area contributed by atoms with Gasteiger partial charge in [-0.25, -0.2) is 4.39 Å². The van der Waals surface area contributed by atoms with Crippen LogP contribution >= 0.6 is 0 Å². The van der Waals surface area contributed by atoms with Gasteiger partial charge in [0.1, 0.15) is 17.1 Å². The molecule has 0 spiro atoms. The minimum atomic E-state index is -1.28. The molecule has 4 rings (SSSR count). The molecule has 0 bridgehead atoms. The quantitative estimate of drug-likeness (QED) is 0.602. The first kappa shape index (κ1) is 21.7. The van der Waals surface area contributed by atoms with Crippen molar-refractivity contribution in [2.75, 3.05) is 25.2 Å². The second-order valence-corrected chi connectivity index (χ2v) is 8.03. The van der Waals surface area contributed by atoms with Gasteiger partial charge in [0.2, 0.25) is 5.91 Å². The average molecular weight is 436 g/mol. The molecule has 0 saturated carbocycles. The molecule has 0 fully saturated rings. The van der Waals surface area contributed by atoms with Gasteiger partial charge in [0.25, 0.3) is 5.91 Å². The van der Waals surface area contributed by atoms with Crippen molar-refractivity contribution in [3.05, 3.63) is 71.7 Å². The van der Waals surface area contributed by atoms with Crippen molar-refractivity contribution in [1.82, 2.24) is 15.1 Å². The molecule has 7 nitrogen and oxygen atoms in total. The minimum Gasteiger partial charge on any atom is -0.383 e. The molecule has 0 radical (unpaired) electrons. The number of anilines is 1. The lowest BCUT2D eigenvalue weighted by atomic mass is 9.93. The van der Waals surface area contributed by atoms with Crippen LogP contribution in [0.2, 0.25) is 0 Å². The highest BCUT2D eigenvalue weighted by Crippen LogP contribution is 2.36. The number of methoxy groups -OCH3 is 1. The number of hydrogen-bond acceptors (Lipinski definition) is 4. The number of rotatable bonds is 6. The van der Waals surface area contributed by atoms with Crippen LogP contribution < -0.4 is 10.2 Å². The summed E-state index contributed by atoms with van der Waals surface area (Å²) in [5.74, 6) is -1.11. The highest BCUT2D eigenvalue weighted by molar-refractivity contribution is 6.12. The van der Waals surface area contributed by atoms with Gasteiger partial charge in [-0.3, -0.25) is 19.2 Å². The van der Waals surface area contributed by atoms with Crippen molar-refractivity contribution in [3.8, 4) is 11.3 Å². The molecule has 166 valence electrons. The number of carbonyl (C=O) groups is 2. The number of aromatic nitrogens is 2. The van der Waals surface area contributed by atoms with E-state index in [2.05, 4.69) is 10.4 Å². The number of fused-ring (bicyclic) bond motifs is 1. The first-order valence-electron chi connectivity index (χ1n) is 10.4. The van der Waals surface area contributed by atoms with Gasteiger partial charge in [0.15, 0.2) is 0 Å². The molecule has 8 heteroatoms. The van der Waals surface area contributed by atoms with E-state index in [1.54, 1.807) is 31.7 Å². The Hall–Kier alpha value is -3.52. The maximum Gasteiger partial charge on any atom is 0.277 e. The summed E-state index contributed by atoms with van der Waals surface area (Å²) in [6, 6.07) is 15.4. The monoisotopic (exact) mass is 436 g/mol. The third kappa shape index (κ3) is 3.78. The van der Waals surface area contributed by atoms with Crippen molar-refractivity contribution >= 4 is 17.5 Å². The van der Waals surface area contributed by atoms with E-state index in [1.165, 1.54) is 23.1 Å². The number of amides is 2. The van der Waals surface area contributed by atoms with Crippen LogP contribution in [0.15, 0.2) is 54.6 Å². The lowest BCUT2D eigenvalue weighted by Gasteiger charge is -2.43. The van der Waals surface area contributed by atoms with Gasteiger partial charge in [-0.05, 0) is 43.7 Å². The molecular formula is C24H25FN4O3. The van der Waals surface area contributed by atoms with E-state index in [4.69, 9.17) is 4.74 Å². The zero-order valence-electron chi connectivity index (χ0n) is 18.3. The molecule has 1 aliphatic heterocycles. The second-order valence-electron chi connectivity index (χ2n) is 8.03. The SMILES string of the molecule is COCCNC(=O)C1(C)Cn2nc(-c3ccccc3)cc2C(=O)N1c1ccc(F)cc1C. The zero-order valence-corrected chi connectivity index (χ0v) is 18.3. The Balaban J connectivity index is 1.81. The van der Waals surface area contributed by atoms with Crippen molar-refractivity contribution in [2.45, 2.75) is 25.9 Å². The van der Waals surface area contributed by atoms with E-state index >= 15 is 0 Å². The molecule has 0 saturated heterocycles. The molecule has 1 unspecified atom stereocenters. The van der Waals surface area contributed by atoms with Crippen LogP contribution in [0.25, 0.3) is 11.3 Å². The van der Waals surface area contributed by atoms with E-state index < -0.39 is 11.4 Å². The van der Waals surface area contributed by atoms with Crippen molar-refractivity contribution in [1.29, 1.82) is 0 Å². The zero-order chi connectivity index (χ0) is 22.9. The number of carbonyl (C=O) groups excluding carboxylic acids is 2. The van der Waals surface area contributed by atoms with Gasteiger partial charge in [0, 0.05) is 24.9 Å². The lowest BCUT2D eigenvalue weighted by molar-refractivity contribution is -0.126. The summed E-state index contributed by atoms with van der Waals surface area (Å²) in [5.41, 5.74) is 1.65. The number of hydrogen-bond donors (Lipinski definition) is 1. The highest BCUT2D eigenvalue weighted by atomic mass is 19.1. The van der Waals surface area contributed by atoms with Crippen LogP contribution in [0, 0.1) is 12.7 Å². The molecule has 1 aromatic heterocycles. The molecule has 2 heterocycles. The maximum atomic E-state index is 13.8. The number of nitrogens with one attached hydrogen (secondary N) is 1. The van der Waals surface area contributed by atoms with Crippen LogP contribution in [0.5, 0.6) is 0 Å². The predicted molar refractivity (Wildman–Crippen MR) is 119 cm³/mol. The largest absolute Gasteiger partial charge is 0.383 e. The molecule has 1 atom stereocenters. The topological polar surface area (TPSA) is 76.5 Å². The second kappa shape index (κ2) is 8.55.